The van der Waals surface area contributed by atoms with Gasteiger partial charge in [-0.2, -0.15) is 0 Å². The Morgan fingerprint density at radius 1 is 1.14 bits per heavy atom. The fraction of sp³-hybridized carbons (Fsp3) is 0.368. The maximum absolute atomic E-state index is 6.15. The predicted molar refractivity (Wildman–Crippen MR) is 87.6 cm³/mol. The molecule has 1 aliphatic heterocycles. The first-order valence-electron chi connectivity index (χ1n) is 7.64. The van der Waals surface area contributed by atoms with Crippen LogP contribution in [0.4, 0.5) is 0 Å². The number of nitrogens with two attached hydrogens (primary N) is 1. The van der Waals surface area contributed by atoms with Crippen molar-refractivity contribution in [3.05, 3.63) is 53.6 Å². The minimum Gasteiger partial charge on any atom is -0.492 e. The van der Waals surface area contributed by atoms with Crippen LogP contribution in [0.25, 0.3) is 11.1 Å². The molecule has 0 saturated carbocycles. The molecule has 0 spiro atoms. The van der Waals surface area contributed by atoms with Crippen molar-refractivity contribution in [2.24, 2.45) is 5.73 Å². The van der Waals surface area contributed by atoms with Crippen LogP contribution in [-0.4, -0.2) is 6.61 Å². The average molecular weight is 281 g/mol. The third-order valence-electron chi connectivity index (χ3n) is 4.39. The van der Waals surface area contributed by atoms with Crippen molar-refractivity contribution in [3.63, 3.8) is 0 Å². The minimum absolute atomic E-state index is 0.0861. The number of benzene rings is 2. The van der Waals surface area contributed by atoms with E-state index in [0.29, 0.717) is 0 Å². The molecule has 2 aromatic carbocycles. The highest BCUT2D eigenvalue weighted by Gasteiger charge is 2.31. The normalized spacial score (nSPS) is 17.1. The molecule has 3 rings (SSSR count). The quantitative estimate of drug-likeness (QED) is 0.903. The van der Waals surface area contributed by atoms with Crippen LogP contribution in [0.5, 0.6) is 5.75 Å². The molecule has 2 nitrogen and oxygen atoms in total. The molecule has 1 unspecified atom stereocenters. The smallest absolute Gasteiger partial charge is 0.123 e. The zero-order valence-corrected chi connectivity index (χ0v) is 13.0. The molecule has 2 heteroatoms. The first kappa shape index (κ1) is 14.2. The molecule has 1 heterocycles. The topological polar surface area (TPSA) is 35.2 Å². The van der Waals surface area contributed by atoms with Crippen LogP contribution in [0.15, 0.2) is 42.5 Å². The number of hydrogen-bond donors (Lipinski definition) is 1. The Kier molecular flexibility index (Phi) is 3.50. The molecule has 1 atom stereocenters. The van der Waals surface area contributed by atoms with E-state index in [1.165, 1.54) is 22.3 Å². The van der Waals surface area contributed by atoms with Gasteiger partial charge < -0.3 is 10.5 Å². The Morgan fingerprint density at radius 2 is 1.90 bits per heavy atom. The lowest BCUT2D eigenvalue weighted by molar-refractivity contribution is 0.291. The van der Waals surface area contributed by atoms with E-state index in [9.17, 15) is 0 Å². The summed E-state index contributed by atoms with van der Waals surface area (Å²) in [7, 11) is 0. The molecule has 0 radical (unpaired) electrons. The van der Waals surface area contributed by atoms with Crippen LogP contribution >= 0.6 is 0 Å². The molecule has 0 aliphatic carbocycles. The van der Waals surface area contributed by atoms with Gasteiger partial charge in [0.25, 0.3) is 0 Å². The Hall–Kier alpha value is -1.80. The highest BCUT2D eigenvalue weighted by Crippen LogP contribution is 2.40. The summed E-state index contributed by atoms with van der Waals surface area (Å²) in [6.07, 6.45) is 0.953. The molecule has 2 N–H and O–H groups in total. The number of hydrogen-bond acceptors (Lipinski definition) is 2. The first-order valence-corrected chi connectivity index (χ1v) is 7.64. The lowest BCUT2D eigenvalue weighted by atomic mass is 9.85. The summed E-state index contributed by atoms with van der Waals surface area (Å²) in [4.78, 5) is 0. The van der Waals surface area contributed by atoms with E-state index in [2.05, 4.69) is 63.2 Å². The second-order valence-electron chi connectivity index (χ2n) is 6.52. The zero-order valence-electron chi connectivity index (χ0n) is 13.0. The van der Waals surface area contributed by atoms with Gasteiger partial charge in [0.2, 0.25) is 0 Å². The van der Waals surface area contributed by atoms with E-state index in [-0.39, 0.29) is 11.5 Å². The van der Waals surface area contributed by atoms with E-state index >= 15 is 0 Å². The molecule has 0 bridgehead atoms. The summed E-state index contributed by atoms with van der Waals surface area (Å²) < 4.78 is 5.76. The Labute approximate surface area is 126 Å². The van der Waals surface area contributed by atoms with Crippen molar-refractivity contribution in [2.45, 2.75) is 38.6 Å². The summed E-state index contributed by atoms with van der Waals surface area (Å²) >= 11 is 0. The summed E-state index contributed by atoms with van der Waals surface area (Å²) in [5, 5.41) is 0. The SMILES string of the molecule is CCC(N)c1cccc(-c2ccc3c(c2)C(C)(C)CO3)c1. The van der Waals surface area contributed by atoms with Crippen molar-refractivity contribution in [1.82, 2.24) is 0 Å². The van der Waals surface area contributed by atoms with Crippen LogP contribution in [0.3, 0.4) is 0 Å². The summed E-state index contributed by atoms with van der Waals surface area (Å²) in [6, 6.07) is 15.2. The third kappa shape index (κ3) is 2.56. The van der Waals surface area contributed by atoms with E-state index in [0.717, 1.165) is 18.8 Å². The Bertz CT molecular complexity index is 660. The lowest BCUT2D eigenvalue weighted by Gasteiger charge is -2.16. The largest absolute Gasteiger partial charge is 0.492 e. The zero-order chi connectivity index (χ0) is 15.0. The van der Waals surface area contributed by atoms with Crippen molar-refractivity contribution in [3.8, 4) is 16.9 Å². The van der Waals surface area contributed by atoms with Crippen molar-refractivity contribution < 1.29 is 4.74 Å². The van der Waals surface area contributed by atoms with Crippen molar-refractivity contribution in [2.75, 3.05) is 6.61 Å². The van der Waals surface area contributed by atoms with E-state index < -0.39 is 0 Å². The Balaban J connectivity index is 2.02. The summed E-state index contributed by atoms with van der Waals surface area (Å²) in [6.45, 7) is 7.33. The summed E-state index contributed by atoms with van der Waals surface area (Å²) in [5.41, 5.74) is 11.2. The van der Waals surface area contributed by atoms with Gasteiger partial charge in [-0.25, -0.2) is 0 Å². The van der Waals surface area contributed by atoms with Gasteiger partial charge in [-0.1, -0.05) is 45.0 Å². The molecule has 0 aromatic heterocycles. The second-order valence-corrected chi connectivity index (χ2v) is 6.52. The standard InChI is InChI=1S/C19H23NO/c1-4-17(20)15-7-5-6-13(10-15)14-8-9-18-16(11-14)19(2,3)12-21-18/h5-11,17H,4,12,20H2,1-3H3. The van der Waals surface area contributed by atoms with E-state index in [1.54, 1.807) is 0 Å². The highest BCUT2D eigenvalue weighted by atomic mass is 16.5. The van der Waals surface area contributed by atoms with E-state index in [4.69, 9.17) is 10.5 Å². The molecule has 2 aromatic rings. The molecule has 1 aliphatic rings. The van der Waals surface area contributed by atoms with Gasteiger partial charge in [0.05, 0.1) is 6.61 Å². The van der Waals surface area contributed by atoms with Gasteiger partial charge in [-0.3, -0.25) is 0 Å². The lowest BCUT2D eigenvalue weighted by Crippen LogP contribution is -2.18. The van der Waals surface area contributed by atoms with Gasteiger partial charge in [-0.05, 0) is 41.3 Å². The monoisotopic (exact) mass is 281 g/mol. The molecule has 0 saturated heterocycles. The Morgan fingerprint density at radius 3 is 2.67 bits per heavy atom. The second kappa shape index (κ2) is 5.19. The van der Waals surface area contributed by atoms with Gasteiger partial charge >= 0.3 is 0 Å². The molecular formula is C19H23NO. The van der Waals surface area contributed by atoms with E-state index in [1.807, 2.05) is 0 Å². The third-order valence-corrected chi connectivity index (χ3v) is 4.39. The van der Waals surface area contributed by atoms with Crippen LogP contribution in [-0.2, 0) is 5.41 Å². The van der Waals surface area contributed by atoms with Gasteiger partial charge in [-0.15, -0.1) is 0 Å². The van der Waals surface area contributed by atoms with Crippen molar-refractivity contribution >= 4 is 0 Å². The van der Waals surface area contributed by atoms with Gasteiger partial charge in [0.1, 0.15) is 5.75 Å². The van der Waals surface area contributed by atoms with Gasteiger partial charge in [0.15, 0.2) is 0 Å². The fourth-order valence-corrected chi connectivity index (χ4v) is 2.88. The molecule has 110 valence electrons. The van der Waals surface area contributed by atoms with Crippen LogP contribution in [0.2, 0.25) is 0 Å². The van der Waals surface area contributed by atoms with Crippen LogP contribution in [0.1, 0.15) is 44.4 Å². The van der Waals surface area contributed by atoms with Gasteiger partial charge in [0, 0.05) is 17.0 Å². The van der Waals surface area contributed by atoms with Crippen LogP contribution in [0, 0.1) is 0 Å². The summed E-state index contributed by atoms with van der Waals surface area (Å²) in [5.74, 6) is 1.02. The maximum atomic E-state index is 6.15. The molecule has 0 amide bonds. The number of rotatable bonds is 3. The molecule has 21 heavy (non-hydrogen) atoms. The molecule has 0 fully saturated rings. The van der Waals surface area contributed by atoms with Crippen molar-refractivity contribution in [1.29, 1.82) is 0 Å². The van der Waals surface area contributed by atoms with Crippen LogP contribution < -0.4 is 10.5 Å². The predicted octanol–water partition coefficient (Wildman–Crippen LogP) is 4.43. The fourth-order valence-electron chi connectivity index (χ4n) is 2.88. The number of ether oxygens (including phenoxy) is 1. The number of fused-ring (bicyclic) bond motifs is 1. The highest BCUT2D eigenvalue weighted by molar-refractivity contribution is 5.67. The first-order chi connectivity index (χ1) is 10.0. The molecular weight excluding hydrogens is 258 g/mol. The minimum atomic E-state index is 0.0861. The maximum Gasteiger partial charge on any atom is 0.123 e. The average Bonchev–Trinajstić information content (AvgIpc) is 2.81.